The van der Waals surface area contributed by atoms with Crippen LogP contribution >= 0.6 is 0 Å². The number of hydrogen-bond donors (Lipinski definition) is 5. The summed E-state index contributed by atoms with van der Waals surface area (Å²) in [5.41, 5.74) is 19.7. The van der Waals surface area contributed by atoms with Crippen LogP contribution in [0, 0.1) is 0 Å². The second-order valence-electron chi connectivity index (χ2n) is 17.9. The predicted molar refractivity (Wildman–Crippen MR) is 250 cm³/mol. The lowest BCUT2D eigenvalue weighted by molar-refractivity contribution is -0.136. The van der Waals surface area contributed by atoms with Crippen LogP contribution in [0.5, 0.6) is 0 Å². The minimum atomic E-state index is -1.10. The average molecular weight is 895 g/mol. The van der Waals surface area contributed by atoms with Crippen LogP contribution in [0.15, 0.2) is 95.8 Å². The number of benzene rings is 4. The van der Waals surface area contributed by atoms with E-state index in [9.17, 15) is 33.6 Å². The van der Waals surface area contributed by atoms with Gasteiger partial charge in [0.1, 0.15) is 18.1 Å². The number of carbonyl (C=O) groups is 6. The Morgan fingerprint density at radius 1 is 0.758 bits per heavy atom. The van der Waals surface area contributed by atoms with Gasteiger partial charge in [0.15, 0.2) is 0 Å². The van der Waals surface area contributed by atoms with Crippen LogP contribution in [0.4, 0.5) is 5.69 Å². The number of nitrogens with two attached hydrogens (primary N) is 2. The molecule has 1 unspecified atom stereocenters. The Morgan fingerprint density at radius 2 is 1.41 bits per heavy atom. The fourth-order valence-electron chi connectivity index (χ4n) is 9.87. The number of primary amides is 1. The van der Waals surface area contributed by atoms with Gasteiger partial charge in [-0.25, -0.2) is 4.79 Å². The molecular weight excluding hydrogens is 837 g/mol. The third kappa shape index (κ3) is 9.86. The van der Waals surface area contributed by atoms with Crippen LogP contribution in [-0.2, 0) is 61.5 Å². The molecule has 0 aliphatic carbocycles. The maximum atomic E-state index is 14.3. The van der Waals surface area contributed by atoms with E-state index in [0.717, 1.165) is 89.5 Å². The second kappa shape index (κ2) is 20.1. The van der Waals surface area contributed by atoms with Crippen molar-refractivity contribution in [3.8, 4) is 0 Å². The average Bonchev–Trinajstić information content (AvgIpc) is 3.78. The largest absolute Gasteiger partial charge is 0.370 e. The second-order valence-corrected chi connectivity index (χ2v) is 17.9. The van der Waals surface area contributed by atoms with Gasteiger partial charge >= 0.3 is 5.69 Å². The fourth-order valence-corrected chi connectivity index (χ4v) is 9.87. The zero-order chi connectivity index (χ0) is 46.5. The molecule has 4 atom stereocenters. The molecule has 0 spiro atoms. The maximum Gasteiger partial charge on any atom is 0.329 e. The van der Waals surface area contributed by atoms with E-state index in [-0.39, 0.29) is 43.2 Å². The molecule has 7 N–H and O–H groups in total. The van der Waals surface area contributed by atoms with Gasteiger partial charge in [0.2, 0.25) is 35.4 Å². The predicted octanol–water partition coefficient (Wildman–Crippen LogP) is 4.24. The fraction of sp³-hybridized carbons (Fsp3) is 0.392. The molecule has 1 fully saturated rings. The first-order valence-corrected chi connectivity index (χ1v) is 23.1. The lowest BCUT2D eigenvalue weighted by atomic mass is 9.95. The number of piperidine rings is 1. The highest BCUT2D eigenvalue weighted by Crippen LogP contribution is 2.40. The van der Waals surface area contributed by atoms with Gasteiger partial charge in [0.25, 0.3) is 0 Å². The highest BCUT2D eigenvalue weighted by molar-refractivity contribution is 6.07. The quantitative estimate of drug-likeness (QED) is 0.0631. The molecule has 6 amide bonds. The molecule has 4 aromatic carbocycles. The van der Waals surface area contributed by atoms with E-state index in [4.69, 9.17) is 11.5 Å². The molecule has 1 saturated heterocycles. The Bertz CT molecular complexity index is 2670. The van der Waals surface area contributed by atoms with E-state index in [0.29, 0.717) is 24.8 Å². The van der Waals surface area contributed by atoms with Gasteiger partial charge in [-0.15, -0.1) is 0 Å². The molecule has 8 rings (SSSR count). The number of imidazole rings is 1. The topological polar surface area (TPSA) is 221 Å². The van der Waals surface area contributed by atoms with Gasteiger partial charge < -0.3 is 22.1 Å². The van der Waals surface area contributed by atoms with Crippen molar-refractivity contribution >= 4 is 52.2 Å². The van der Waals surface area contributed by atoms with Crippen LogP contribution < -0.4 is 38.0 Å². The summed E-state index contributed by atoms with van der Waals surface area (Å²) in [5.74, 6) is -2.68. The van der Waals surface area contributed by atoms with E-state index in [1.807, 2.05) is 78.9 Å². The molecule has 4 heterocycles. The number of anilines is 1. The number of nitrogens with one attached hydrogen (secondary N) is 3. The van der Waals surface area contributed by atoms with Gasteiger partial charge in [0, 0.05) is 26.3 Å². The molecule has 0 saturated carbocycles. The van der Waals surface area contributed by atoms with Crippen molar-refractivity contribution in [1.29, 1.82) is 0 Å². The third-order valence-corrected chi connectivity index (χ3v) is 13.3. The third-order valence-electron chi connectivity index (χ3n) is 13.3. The van der Waals surface area contributed by atoms with Crippen LogP contribution in [0.1, 0.15) is 110 Å². The maximum absolute atomic E-state index is 14.3. The Kier molecular flexibility index (Phi) is 13.9. The Morgan fingerprint density at radius 3 is 2.08 bits per heavy atom. The van der Waals surface area contributed by atoms with Gasteiger partial charge in [-0.2, -0.15) is 0 Å². The number of rotatable bonds is 18. The minimum Gasteiger partial charge on any atom is -0.370 e. The lowest BCUT2D eigenvalue weighted by Crippen LogP contribution is -2.56. The lowest BCUT2D eigenvalue weighted by Gasteiger charge is -2.29. The number of nitrogens with zero attached hydrogens (tertiary/aromatic N) is 3. The van der Waals surface area contributed by atoms with Gasteiger partial charge in [-0.1, -0.05) is 98.1 Å². The van der Waals surface area contributed by atoms with E-state index in [1.54, 1.807) is 11.6 Å². The summed E-state index contributed by atoms with van der Waals surface area (Å²) in [6.45, 7) is 0. The molecule has 344 valence electrons. The number of hydrogen-bond acceptors (Lipinski definition) is 8. The molecule has 3 aliphatic rings. The monoisotopic (exact) mass is 894 g/mol. The summed E-state index contributed by atoms with van der Waals surface area (Å²) in [6, 6.07) is 25.1. The summed E-state index contributed by atoms with van der Waals surface area (Å²) < 4.78 is 3.07. The Hall–Kier alpha value is -6.87. The van der Waals surface area contributed by atoms with Crippen LogP contribution in [0.3, 0.4) is 0 Å². The van der Waals surface area contributed by atoms with E-state index in [1.165, 1.54) is 9.47 Å². The van der Waals surface area contributed by atoms with Crippen molar-refractivity contribution in [2.45, 2.75) is 120 Å². The first-order chi connectivity index (χ1) is 31.9. The molecule has 3 aliphatic heterocycles. The van der Waals surface area contributed by atoms with Gasteiger partial charge in [0.05, 0.1) is 28.8 Å². The molecule has 66 heavy (non-hydrogen) atoms. The van der Waals surface area contributed by atoms with Crippen molar-refractivity contribution < 1.29 is 28.8 Å². The normalized spacial score (nSPS) is 18.5. The zero-order valence-electron chi connectivity index (χ0n) is 37.3. The molecule has 0 radical (unpaired) electrons. The van der Waals surface area contributed by atoms with E-state index in [2.05, 4.69) is 28.1 Å². The first kappa shape index (κ1) is 45.7. The van der Waals surface area contributed by atoms with Crippen molar-refractivity contribution in [1.82, 2.24) is 25.1 Å². The standard InChI is InChI=1S/C51H58N8O7/c1-57-41-29-31(19-23-39(41)58(51(57)66)40-24-26-44(61)55-48(40)63)13-7-3-2-4-8-14-32-27-35-20-21-37(52)50(65)59-42(30-36(28-32)46(35)59)49(64)54-38(22-25-43(53)60)47(62)56-45(33-15-9-5-10-16-33)34-17-11-6-12-18-34/h5-6,9-12,15-19,23,27-29,37-38,40,42,45H,2-4,7-8,13-14,20-22,24-26,30,52H2,1H3,(H2,53,60)(H,54,64)(H,56,62)(H,55,61,63)/t37-,38-,40?,42-/m0/s1. The summed E-state index contributed by atoms with van der Waals surface area (Å²) in [6.07, 6.45) is 8.40. The number of aromatic nitrogens is 2. The van der Waals surface area contributed by atoms with Crippen molar-refractivity contribution in [3.63, 3.8) is 0 Å². The molecule has 1 aromatic heterocycles. The van der Waals surface area contributed by atoms with E-state index >= 15 is 0 Å². The highest BCUT2D eigenvalue weighted by atomic mass is 16.2. The van der Waals surface area contributed by atoms with Gasteiger partial charge in [-0.05, 0) is 96.9 Å². The van der Waals surface area contributed by atoms with Crippen LogP contribution in [0.2, 0.25) is 0 Å². The summed E-state index contributed by atoms with van der Waals surface area (Å²) in [7, 11) is 1.71. The van der Waals surface area contributed by atoms with Gasteiger partial charge in [-0.3, -0.25) is 48.1 Å². The Balaban J connectivity index is 0.886. The van der Waals surface area contributed by atoms with Crippen LogP contribution in [0.25, 0.3) is 11.0 Å². The molecular formula is C51H58N8O7. The summed E-state index contributed by atoms with van der Waals surface area (Å²) in [5, 5.41) is 8.35. The number of aryl methyl sites for hydroxylation is 4. The zero-order valence-corrected chi connectivity index (χ0v) is 37.3. The molecule has 15 nitrogen and oxygen atoms in total. The number of fused-ring (bicyclic) bond motifs is 1. The van der Waals surface area contributed by atoms with Crippen molar-refractivity contribution in [2.24, 2.45) is 18.5 Å². The first-order valence-electron chi connectivity index (χ1n) is 23.1. The smallest absolute Gasteiger partial charge is 0.329 e. The molecule has 5 aromatic rings. The van der Waals surface area contributed by atoms with Crippen LogP contribution in [-0.4, -0.2) is 62.7 Å². The molecule has 0 bridgehead atoms. The van der Waals surface area contributed by atoms with E-state index < -0.39 is 53.8 Å². The highest BCUT2D eigenvalue weighted by Gasteiger charge is 2.44. The van der Waals surface area contributed by atoms with Crippen molar-refractivity contribution in [2.75, 3.05) is 4.90 Å². The number of imide groups is 1. The minimum absolute atomic E-state index is 0.0213. The number of carbonyl (C=O) groups excluding carboxylic acids is 6. The molecule has 15 heteroatoms. The summed E-state index contributed by atoms with van der Waals surface area (Å²) in [4.78, 5) is 93.2. The number of amides is 6. The number of unbranched alkanes of at least 4 members (excludes halogenated alkanes) is 4. The van der Waals surface area contributed by atoms with Crippen molar-refractivity contribution in [3.05, 3.63) is 135 Å². The summed E-state index contributed by atoms with van der Waals surface area (Å²) >= 11 is 0. The SMILES string of the molecule is Cn1c(=O)n(C2CCC(=O)NC2=O)c2ccc(CCCCCCCc3cc4c5c(c3)C[C@@H](C(=O)N[C@@H](CCC(N)=O)C(=O)NC(c3ccccc3)c3ccccc3)N5C(=O)[C@@H](N)CC4)cc21. The Labute approximate surface area is 383 Å².